The van der Waals surface area contributed by atoms with Crippen molar-refractivity contribution in [2.75, 3.05) is 13.1 Å². The second kappa shape index (κ2) is 11.0. The van der Waals surface area contributed by atoms with Crippen molar-refractivity contribution in [1.29, 1.82) is 5.26 Å². The highest BCUT2D eigenvalue weighted by molar-refractivity contribution is 7.85. The van der Waals surface area contributed by atoms with Gasteiger partial charge in [-0.3, -0.25) is 9.69 Å². The van der Waals surface area contributed by atoms with Gasteiger partial charge in [0.1, 0.15) is 22.8 Å². The van der Waals surface area contributed by atoms with Crippen molar-refractivity contribution in [3.05, 3.63) is 36.0 Å². The Kier molecular flexibility index (Phi) is 8.33. The van der Waals surface area contributed by atoms with Crippen molar-refractivity contribution >= 4 is 28.2 Å². The fraction of sp³-hybridized carbons (Fsp3) is 0.500. The van der Waals surface area contributed by atoms with E-state index in [0.29, 0.717) is 25.9 Å². The standard InChI is InChI=1S/C22H27F3N6O2S/c23-14-12-31(13-14)16-5-7-22(8-6-16,9-10-26)29-11-18(20(28)32)19(27)30-15-1-3-17(4-2-15)34(33)21(24)25/h1-4,11,14,16,21,29H,5-9,12-13H2,(H2,27,30)(H2,28,32)/b18-11+. The van der Waals surface area contributed by atoms with Gasteiger partial charge in [-0.25, -0.2) is 13.6 Å². The molecule has 1 saturated heterocycles. The summed E-state index contributed by atoms with van der Waals surface area (Å²) in [6.07, 6.45) is 3.68. The minimum atomic E-state index is -3.00. The van der Waals surface area contributed by atoms with Crippen LogP contribution in [0.4, 0.5) is 18.9 Å². The molecule has 0 radical (unpaired) electrons. The summed E-state index contributed by atoms with van der Waals surface area (Å²) in [4.78, 5) is 18.2. The Balaban J connectivity index is 1.72. The van der Waals surface area contributed by atoms with E-state index in [0.717, 1.165) is 12.8 Å². The van der Waals surface area contributed by atoms with Crippen molar-refractivity contribution in [3.63, 3.8) is 0 Å². The maximum atomic E-state index is 13.2. The van der Waals surface area contributed by atoms with Gasteiger partial charge in [0, 0.05) is 35.8 Å². The van der Waals surface area contributed by atoms with E-state index >= 15 is 0 Å². The second-order valence-corrected chi connectivity index (χ2v) is 9.94. The summed E-state index contributed by atoms with van der Waals surface area (Å²) in [5.41, 5.74) is 11.1. The molecule has 12 heteroatoms. The minimum Gasteiger partial charge on any atom is -0.384 e. The summed E-state index contributed by atoms with van der Waals surface area (Å²) in [5, 5.41) is 12.5. The van der Waals surface area contributed by atoms with Gasteiger partial charge in [-0.1, -0.05) is 0 Å². The van der Waals surface area contributed by atoms with Gasteiger partial charge in [-0.2, -0.15) is 14.0 Å². The highest BCUT2D eigenvalue weighted by Gasteiger charge is 2.40. The van der Waals surface area contributed by atoms with Crippen LogP contribution in [0.15, 0.2) is 45.9 Å². The maximum absolute atomic E-state index is 13.2. The fourth-order valence-corrected chi connectivity index (χ4v) is 4.86. The van der Waals surface area contributed by atoms with E-state index in [9.17, 15) is 27.4 Å². The smallest absolute Gasteiger partial charge is 0.316 e. The number of carbonyl (C=O) groups excluding carboxylic acids is 1. The van der Waals surface area contributed by atoms with Crippen LogP contribution in [-0.4, -0.2) is 57.5 Å². The third kappa shape index (κ3) is 6.15. The van der Waals surface area contributed by atoms with Gasteiger partial charge >= 0.3 is 5.76 Å². The average Bonchev–Trinajstić information content (AvgIpc) is 2.78. The highest BCUT2D eigenvalue weighted by Crippen LogP contribution is 2.35. The number of alkyl halides is 3. The molecule has 3 rings (SSSR count). The number of amides is 1. The number of carbonyl (C=O) groups is 1. The first kappa shape index (κ1) is 25.7. The lowest BCUT2D eigenvalue weighted by atomic mass is 9.76. The third-order valence-electron chi connectivity index (χ3n) is 6.26. The summed E-state index contributed by atoms with van der Waals surface area (Å²) < 4.78 is 49.8. The number of nitrogens with one attached hydrogen (secondary N) is 1. The lowest BCUT2D eigenvalue weighted by Gasteiger charge is -2.47. The molecule has 0 spiro atoms. The molecule has 0 bridgehead atoms. The zero-order valence-electron chi connectivity index (χ0n) is 18.4. The summed E-state index contributed by atoms with van der Waals surface area (Å²) in [7, 11) is -2.45. The molecule has 2 aliphatic rings. The molecule has 0 aromatic heterocycles. The highest BCUT2D eigenvalue weighted by atomic mass is 32.2. The van der Waals surface area contributed by atoms with Gasteiger partial charge in [0.15, 0.2) is 0 Å². The molecule has 1 saturated carbocycles. The number of primary amides is 1. The van der Waals surface area contributed by atoms with Gasteiger partial charge in [0.25, 0.3) is 5.91 Å². The van der Waals surface area contributed by atoms with Crippen LogP contribution in [0.25, 0.3) is 0 Å². The van der Waals surface area contributed by atoms with E-state index < -0.39 is 34.2 Å². The van der Waals surface area contributed by atoms with Crippen LogP contribution in [0.2, 0.25) is 0 Å². The molecule has 184 valence electrons. The van der Waals surface area contributed by atoms with Crippen molar-refractivity contribution in [2.24, 2.45) is 16.5 Å². The lowest BCUT2D eigenvalue weighted by molar-refractivity contribution is -0.114. The van der Waals surface area contributed by atoms with Crippen LogP contribution in [0.1, 0.15) is 32.1 Å². The van der Waals surface area contributed by atoms with Gasteiger partial charge in [0.05, 0.1) is 23.8 Å². The molecule has 1 aromatic carbocycles. The molecule has 1 atom stereocenters. The predicted octanol–water partition coefficient (Wildman–Crippen LogP) is 2.21. The van der Waals surface area contributed by atoms with Crippen LogP contribution in [0, 0.1) is 11.3 Å². The predicted molar refractivity (Wildman–Crippen MR) is 122 cm³/mol. The van der Waals surface area contributed by atoms with Crippen LogP contribution in [-0.2, 0) is 15.6 Å². The Morgan fingerprint density at radius 3 is 2.41 bits per heavy atom. The van der Waals surface area contributed by atoms with E-state index in [4.69, 9.17) is 11.5 Å². The number of aliphatic imine (C=N–C) groups is 1. The van der Waals surface area contributed by atoms with Gasteiger partial charge in [-0.15, -0.1) is 0 Å². The Morgan fingerprint density at radius 1 is 1.29 bits per heavy atom. The number of halogens is 3. The van der Waals surface area contributed by atoms with E-state index in [1.54, 1.807) is 0 Å². The molecular formula is C22H27F3N6O2S. The van der Waals surface area contributed by atoms with E-state index in [1.165, 1.54) is 30.5 Å². The van der Waals surface area contributed by atoms with E-state index in [2.05, 4.69) is 21.3 Å². The molecule has 1 unspecified atom stereocenters. The summed E-state index contributed by atoms with van der Waals surface area (Å²) in [6.45, 7) is 0.891. The Labute approximate surface area is 198 Å². The third-order valence-corrected chi connectivity index (χ3v) is 7.32. The zero-order valence-corrected chi connectivity index (χ0v) is 19.2. The van der Waals surface area contributed by atoms with Crippen LogP contribution in [0.3, 0.4) is 0 Å². The summed E-state index contributed by atoms with van der Waals surface area (Å²) in [6, 6.07) is 7.64. The normalized spacial score (nSPS) is 25.4. The van der Waals surface area contributed by atoms with Gasteiger partial charge in [-0.05, 0) is 49.9 Å². The number of rotatable bonds is 9. The largest absolute Gasteiger partial charge is 0.384 e. The quantitative estimate of drug-likeness (QED) is 0.272. The van der Waals surface area contributed by atoms with Crippen molar-refractivity contribution < 1.29 is 22.2 Å². The lowest BCUT2D eigenvalue weighted by Crippen LogP contribution is -2.57. The SMILES string of the molecule is N#CCC1(N/C=C(/C(N)=O)C(N)=Nc2ccc(S(=O)C(F)F)cc2)CCC(N2CC(F)C2)CC1. The van der Waals surface area contributed by atoms with Crippen LogP contribution >= 0.6 is 0 Å². The molecule has 1 aromatic rings. The number of benzene rings is 1. The number of nitriles is 1. The Bertz CT molecular complexity index is 1010. The number of hydrogen-bond acceptors (Lipinski definition) is 6. The molecular weight excluding hydrogens is 469 g/mol. The van der Waals surface area contributed by atoms with E-state index in [1.807, 2.05) is 0 Å². The molecule has 1 aliphatic heterocycles. The van der Waals surface area contributed by atoms with Gasteiger partial charge < -0.3 is 16.8 Å². The molecule has 34 heavy (non-hydrogen) atoms. The second-order valence-electron chi connectivity index (χ2n) is 8.51. The fourth-order valence-electron chi connectivity index (χ4n) is 4.25. The number of nitrogens with two attached hydrogens (primary N) is 2. The molecule has 1 heterocycles. The minimum absolute atomic E-state index is 0.0610. The van der Waals surface area contributed by atoms with Gasteiger partial charge in [0.2, 0.25) is 0 Å². The number of amidine groups is 1. The first-order chi connectivity index (χ1) is 16.1. The first-order valence-corrected chi connectivity index (χ1v) is 12.0. The van der Waals surface area contributed by atoms with Crippen molar-refractivity contribution in [3.8, 4) is 6.07 Å². The Hall–Kier alpha value is -2.91. The zero-order chi connectivity index (χ0) is 24.9. The molecule has 1 amide bonds. The van der Waals surface area contributed by atoms with Crippen molar-refractivity contribution in [1.82, 2.24) is 10.2 Å². The molecule has 1 aliphatic carbocycles. The van der Waals surface area contributed by atoms with Crippen molar-refractivity contribution in [2.45, 2.75) is 60.5 Å². The maximum Gasteiger partial charge on any atom is 0.316 e. The number of hydrogen-bond donors (Lipinski definition) is 3. The summed E-state index contributed by atoms with van der Waals surface area (Å²) >= 11 is 0. The Morgan fingerprint density at radius 2 is 1.91 bits per heavy atom. The number of likely N-dealkylation sites (tertiary alicyclic amines) is 1. The molecule has 2 fully saturated rings. The van der Waals surface area contributed by atoms with Crippen LogP contribution < -0.4 is 16.8 Å². The summed E-state index contributed by atoms with van der Waals surface area (Å²) in [5.74, 6) is -4.03. The van der Waals surface area contributed by atoms with Crippen LogP contribution in [0.5, 0.6) is 0 Å². The topological polar surface area (TPSA) is 138 Å². The first-order valence-electron chi connectivity index (χ1n) is 10.8. The average molecular weight is 497 g/mol. The monoisotopic (exact) mass is 496 g/mol. The molecule has 8 nitrogen and oxygen atoms in total. The molecule has 5 N–H and O–H groups in total. The number of nitrogens with zero attached hydrogens (tertiary/aromatic N) is 3. The van der Waals surface area contributed by atoms with E-state index in [-0.39, 0.29) is 34.5 Å².